The zero-order valence-electron chi connectivity index (χ0n) is 13.2. The van der Waals surface area contributed by atoms with E-state index in [0.29, 0.717) is 43.6 Å². The SMILES string of the molecule is C=CCOC[C@@H](O)CNCCOc1cccc(OC)c1OC. The lowest BCUT2D eigenvalue weighted by molar-refractivity contribution is 0.0491. The van der Waals surface area contributed by atoms with Gasteiger partial charge in [-0.2, -0.15) is 0 Å². The van der Waals surface area contributed by atoms with E-state index in [4.69, 9.17) is 18.9 Å². The summed E-state index contributed by atoms with van der Waals surface area (Å²) in [5, 5.41) is 12.7. The summed E-state index contributed by atoms with van der Waals surface area (Å²) in [4.78, 5) is 0. The number of rotatable bonds is 12. The second-order valence-electron chi connectivity index (χ2n) is 4.52. The van der Waals surface area contributed by atoms with Crippen LogP contribution in [-0.2, 0) is 4.74 Å². The molecule has 2 N–H and O–H groups in total. The van der Waals surface area contributed by atoms with Gasteiger partial charge in [-0.05, 0) is 12.1 Å². The largest absolute Gasteiger partial charge is 0.493 e. The van der Waals surface area contributed by atoms with Crippen LogP contribution in [0.4, 0.5) is 0 Å². The zero-order valence-corrected chi connectivity index (χ0v) is 13.2. The number of ether oxygens (including phenoxy) is 4. The van der Waals surface area contributed by atoms with Gasteiger partial charge in [0, 0.05) is 13.1 Å². The molecule has 6 heteroatoms. The Morgan fingerprint density at radius 3 is 2.73 bits per heavy atom. The van der Waals surface area contributed by atoms with E-state index in [1.54, 1.807) is 20.3 Å². The van der Waals surface area contributed by atoms with Crippen LogP contribution in [0, 0.1) is 0 Å². The molecule has 0 unspecified atom stereocenters. The van der Waals surface area contributed by atoms with Crippen molar-refractivity contribution in [3.8, 4) is 17.2 Å². The van der Waals surface area contributed by atoms with Gasteiger partial charge in [0.2, 0.25) is 5.75 Å². The van der Waals surface area contributed by atoms with Gasteiger partial charge < -0.3 is 29.4 Å². The molecule has 124 valence electrons. The van der Waals surface area contributed by atoms with E-state index < -0.39 is 6.10 Å². The number of hydrogen-bond acceptors (Lipinski definition) is 6. The van der Waals surface area contributed by atoms with Crippen molar-refractivity contribution in [1.29, 1.82) is 0 Å². The van der Waals surface area contributed by atoms with Crippen molar-refractivity contribution < 1.29 is 24.1 Å². The monoisotopic (exact) mass is 311 g/mol. The highest BCUT2D eigenvalue weighted by Crippen LogP contribution is 2.36. The molecule has 1 aromatic rings. The number of hydrogen-bond donors (Lipinski definition) is 2. The molecule has 0 aliphatic carbocycles. The lowest BCUT2D eigenvalue weighted by Crippen LogP contribution is -2.32. The third kappa shape index (κ3) is 6.34. The molecule has 1 aromatic carbocycles. The summed E-state index contributed by atoms with van der Waals surface area (Å²) in [6, 6.07) is 5.47. The van der Waals surface area contributed by atoms with Gasteiger partial charge >= 0.3 is 0 Å². The summed E-state index contributed by atoms with van der Waals surface area (Å²) in [6.07, 6.45) is 1.10. The maximum atomic E-state index is 9.64. The van der Waals surface area contributed by atoms with Gasteiger partial charge in [-0.3, -0.25) is 0 Å². The van der Waals surface area contributed by atoms with Gasteiger partial charge in [0.15, 0.2) is 11.5 Å². The molecule has 0 radical (unpaired) electrons. The van der Waals surface area contributed by atoms with Crippen LogP contribution in [-0.4, -0.2) is 58.3 Å². The molecule has 1 rings (SSSR count). The molecule has 0 aromatic heterocycles. The minimum absolute atomic E-state index is 0.281. The van der Waals surface area contributed by atoms with Crippen molar-refractivity contribution in [3.05, 3.63) is 30.9 Å². The summed E-state index contributed by atoms with van der Waals surface area (Å²) in [5.74, 6) is 1.82. The van der Waals surface area contributed by atoms with E-state index in [0.717, 1.165) is 0 Å². The van der Waals surface area contributed by atoms with Crippen LogP contribution in [0.1, 0.15) is 0 Å². The molecule has 6 nitrogen and oxygen atoms in total. The highest BCUT2D eigenvalue weighted by Gasteiger charge is 2.10. The second-order valence-corrected chi connectivity index (χ2v) is 4.52. The first-order valence-corrected chi connectivity index (χ1v) is 7.14. The van der Waals surface area contributed by atoms with Crippen molar-refractivity contribution in [3.63, 3.8) is 0 Å². The normalized spacial score (nSPS) is 11.8. The maximum absolute atomic E-state index is 9.64. The standard InChI is InChI=1S/C16H25NO5/c1-4-9-21-12-13(18)11-17-8-10-22-15-7-5-6-14(19-2)16(15)20-3/h4-7,13,17-18H,1,8-12H2,2-3H3/t13-/m0/s1. The Balaban J connectivity index is 2.26. The summed E-state index contributed by atoms with van der Waals surface area (Å²) in [6.45, 7) is 5.75. The molecule has 0 saturated heterocycles. The smallest absolute Gasteiger partial charge is 0.203 e. The van der Waals surface area contributed by atoms with Gasteiger partial charge in [0.25, 0.3) is 0 Å². The molecular formula is C16H25NO5. The molecule has 0 fully saturated rings. The number of benzene rings is 1. The second kappa shape index (κ2) is 10.9. The first-order chi connectivity index (χ1) is 10.7. The Morgan fingerprint density at radius 1 is 1.27 bits per heavy atom. The fourth-order valence-electron chi connectivity index (χ4n) is 1.82. The number of methoxy groups -OCH3 is 2. The van der Waals surface area contributed by atoms with Gasteiger partial charge in [-0.15, -0.1) is 6.58 Å². The third-order valence-corrected chi connectivity index (χ3v) is 2.83. The summed E-state index contributed by atoms with van der Waals surface area (Å²) >= 11 is 0. The minimum Gasteiger partial charge on any atom is -0.493 e. The molecule has 0 aliphatic heterocycles. The Kier molecular flexibility index (Phi) is 9.06. The van der Waals surface area contributed by atoms with Crippen LogP contribution in [0.2, 0.25) is 0 Å². The summed E-state index contributed by atoms with van der Waals surface area (Å²) < 4.78 is 21.3. The molecule has 1 atom stereocenters. The highest BCUT2D eigenvalue weighted by atomic mass is 16.5. The van der Waals surface area contributed by atoms with Crippen molar-refractivity contribution >= 4 is 0 Å². The molecule has 0 saturated carbocycles. The summed E-state index contributed by atoms with van der Waals surface area (Å²) in [5.41, 5.74) is 0. The number of nitrogens with one attached hydrogen (secondary N) is 1. The van der Waals surface area contributed by atoms with E-state index in [9.17, 15) is 5.11 Å². The Hall–Kier alpha value is -1.76. The van der Waals surface area contributed by atoms with E-state index in [-0.39, 0.29) is 6.61 Å². The number of aliphatic hydroxyl groups is 1. The van der Waals surface area contributed by atoms with E-state index in [2.05, 4.69) is 11.9 Å². The molecule has 0 heterocycles. The van der Waals surface area contributed by atoms with Crippen LogP contribution in [0.3, 0.4) is 0 Å². The predicted molar refractivity (Wildman–Crippen MR) is 84.9 cm³/mol. The molecule has 0 spiro atoms. The highest BCUT2D eigenvalue weighted by molar-refractivity contribution is 5.50. The third-order valence-electron chi connectivity index (χ3n) is 2.83. The van der Waals surface area contributed by atoms with Gasteiger partial charge in [0.1, 0.15) is 6.61 Å². The Bertz CT molecular complexity index is 439. The van der Waals surface area contributed by atoms with Gasteiger partial charge in [0.05, 0.1) is 33.5 Å². The lowest BCUT2D eigenvalue weighted by Gasteiger charge is -2.14. The van der Waals surface area contributed by atoms with Gasteiger partial charge in [-0.25, -0.2) is 0 Å². The number of para-hydroxylation sites is 1. The van der Waals surface area contributed by atoms with Crippen LogP contribution in [0.15, 0.2) is 30.9 Å². The fourth-order valence-corrected chi connectivity index (χ4v) is 1.82. The minimum atomic E-state index is -0.550. The first-order valence-electron chi connectivity index (χ1n) is 7.14. The predicted octanol–water partition coefficient (Wildman–Crippen LogP) is 1.24. The van der Waals surface area contributed by atoms with Crippen LogP contribution >= 0.6 is 0 Å². The van der Waals surface area contributed by atoms with Crippen molar-refractivity contribution in [2.75, 3.05) is 47.1 Å². The lowest BCUT2D eigenvalue weighted by atomic mass is 10.3. The average Bonchev–Trinajstić information content (AvgIpc) is 2.54. The quantitative estimate of drug-likeness (QED) is 0.447. The Morgan fingerprint density at radius 2 is 2.05 bits per heavy atom. The molecule has 0 bridgehead atoms. The van der Waals surface area contributed by atoms with Crippen LogP contribution < -0.4 is 19.5 Å². The maximum Gasteiger partial charge on any atom is 0.203 e. The Labute approximate surface area is 131 Å². The molecule has 0 amide bonds. The zero-order chi connectivity index (χ0) is 16.2. The summed E-state index contributed by atoms with van der Waals surface area (Å²) in [7, 11) is 3.15. The van der Waals surface area contributed by atoms with Gasteiger partial charge in [-0.1, -0.05) is 12.1 Å². The van der Waals surface area contributed by atoms with Crippen molar-refractivity contribution in [2.24, 2.45) is 0 Å². The van der Waals surface area contributed by atoms with Crippen molar-refractivity contribution in [2.45, 2.75) is 6.10 Å². The van der Waals surface area contributed by atoms with Crippen molar-refractivity contribution in [1.82, 2.24) is 5.32 Å². The average molecular weight is 311 g/mol. The van der Waals surface area contributed by atoms with Crippen LogP contribution in [0.25, 0.3) is 0 Å². The number of aliphatic hydroxyl groups excluding tert-OH is 1. The fraction of sp³-hybridized carbons (Fsp3) is 0.500. The van der Waals surface area contributed by atoms with Crippen LogP contribution in [0.5, 0.6) is 17.2 Å². The molecule has 0 aliphatic rings. The topological polar surface area (TPSA) is 69.2 Å². The van der Waals surface area contributed by atoms with E-state index in [1.165, 1.54) is 0 Å². The first kappa shape index (κ1) is 18.3. The molecule has 22 heavy (non-hydrogen) atoms. The van der Waals surface area contributed by atoms with E-state index >= 15 is 0 Å². The molecular weight excluding hydrogens is 286 g/mol. The van der Waals surface area contributed by atoms with E-state index in [1.807, 2.05) is 18.2 Å².